The van der Waals surface area contributed by atoms with Crippen LogP contribution in [0.1, 0.15) is 50.7 Å². The number of carboxylic acids is 1. The van der Waals surface area contributed by atoms with Gasteiger partial charge in [0.2, 0.25) is 0 Å². The van der Waals surface area contributed by atoms with Gasteiger partial charge in [-0.25, -0.2) is 9.78 Å². The van der Waals surface area contributed by atoms with Crippen LogP contribution in [-0.4, -0.2) is 45.2 Å². The molecule has 1 aromatic rings. The smallest absolute Gasteiger partial charge is 0.476 e. The van der Waals surface area contributed by atoms with Crippen LogP contribution in [0, 0.1) is 0 Å². The van der Waals surface area contributed by atoms with Gasteiger partial charge in [-0.1, -0.05) is 29.4 Å². The molecule has 140 valence electrons. The maximum absolute atomic E-state index is 11.4. The molecule has 6 nitrogen and oxygen atoms in total. The lowest BCUT2D eigenvalue weighted by Gasteiger charge is -2.32. The maximum Gasteiger partial charge on any atom is 0.491 e. The zero-order valence-electron chi connectivity index (χ0n) is 15.3. The van der Waals surface area contributed by atoms with E-state index in [0.29, 0.717) is 11.3 Å². The van der Waals surface area contributed by atoms with Crippen LogP contribution in [-0.2, 0) is 14.1 Å². The van der Waals surface area contributed by atoms with Crippen molar-refractivity contribution in [1.29, 1.82) is 0 Å². The van der Waals surface area contributed by atoms with Gasteiger partial charge in [0.25, 0.3) is 0 Å². The largest absolute Gasteiger partial charge is 0.491 e. The molecular formula is C17H21BClNO5S. The molecule has 2 heterocycles. The lowest BCUT2D eigenvalue weighted by atomic mass is 9.78. The van der Waals surface area contributed by atoms with E-state index in [1.54, 1.807) is 6.08 Å². The van der Waals surface area contributed by atoms with E-state index >= 15 is 0 Å². The first-order chi connectivity index (χ1) is 11.9. The van der Waals surface area contributed by atoms with Gasteiger partial charge in [-0.3, -0.25) is 4.79 Å². The average Bonchev–Trinajstić information content (AvgIpc) is 2.71. The van der Waals surface area contributed by atoms with Crippen LogP contribution in [0.4, 0.5) is 0 Å². The fourth-order valence-corrected chi connectivity index (χ4v) is 3.11. The van der Waals surface area contributed by atoms with Gasteiger partial charge in [-0.15, -0.1) is 0 Å². The third-order valence-electron chi connectivity index (χ3n) is 4.42. The van der Waals surface area contributed by atoms with E-state index in [0.717, 1.165) is 17.2 Å². The molecule has 1 fully saturated rings. The van der Waals surface area contributed by atoms with Crippen molar-refractivity contribution in [3.63, 3.8) is 0 Å². The summed E-state index contributed by atoms with van der Waals surface area (Å²) >= 11 is 7.13. The van der Waals surface area contributed by atoms with Gasteiger partial charge < -0.3 is 14.4 Å². The molecule has 0 amide bonds. The minimum absolute atomic E-state index is 0.0233. The van der Waals surface area contributed by atoms with Crippen LogP contribution in [0.25, 0.3) is 6.08 Å². The van der Waals surface area contributed by atoms with Crippen LogP contribution in [0.5, 0.6) is 0 Å². The molecule has 1 aromatic heterocycles. The number of aromatic carboxylic acids is 1. The molecule has 1 N–H and O–H groups in total. The van der Waals surface area contributed by atoms with E-state index in [9.17, 15) is 9.59 Å². The van der Waals surface area contributed by atoms with Gasteiger partial charge in [0.15, 0.2) is 10.8 Å². The van der Waals surface area contributed by atoms with Crippen molar-refractivity contribution < 1.29 is 24.0 Å². The molecule has 1 saturated heterocycles. The van der Waals surface area contributed by atoms with Crippen LogP contribution >= 0.6 is 23.4 Å². The number of hydrogen-bond acceptors (Lipinski definition) is 6. The molecule has 0 radical (unpaired) electrons. The number of pyridine rings is 1. The van der Waals surface area contributed by atoms with Crippen LogP contribution < -0.4 is 0 Å². The molecule has 0 unspecified atom stereocenters. The molecule has 0 aromatic carbocycles. The minimum Gasteiger partial charge on any atom is -0.476 e. The Labute approximate surface area is 162 Å². The Hall–Kier alpha value is -1.35. The Bertz CT molecular complexity index is 750. The molecule has 2 rings (SSSR count). The summed E-state index contributed by atoms with van der Waals surface area (Å²) in [5, 5.41) is 9.05. The summed E-state index contributed by atoms with van der Waals surface area (Å²) < 4.78 is 12.1. The van der Waals surface area contributed by atoms with Gasteiger partial charge in [-0.2, -0.15) is 0 Å². The van der Waals surface area contributed by atoms with Crippen molar-refractivity contribution >= 4 is 47.6 Å². The molecule has 0 bridgehead atoms. The van der Waals surface area contributed by atoms with Crippen molar-refractivity contribution in [3.05, 3.63) is 34.0 Å². The second-order valence-electron chi connectivity index (χ2n) is 6.99. The molecule has 0 saturated carbocycles. The summed E-state index contributed by atoms with van der Waals surface area (Å²) in [6, 6.07) is 1.52. The first-order valence-electron chi connectivity index (χ1n) is 8.01. The Morgan fingerprint density at radius 1 is 1.31 bits per heavy atom. The first-order valence-corrected chi connectivity index (χ1v) is 9.37. The van der Waals surface area contributed by atoms with Crippen molar-refractivity contribution in [2.45, 2.75) is 45.8 Å². The van der Waals surface area contributed by atoms with Gasteiger partial charge in [0.1, 0.15) is 0 Å². The third-order valence-corrected chi connectivity index (χ3v) is 5.59. The van der Waals surface area contributed by atoms with Crippen molar-refractivity contribution in [3.8, 4) is 0 Å². The molecule has 9 heteroatoms. The number of aromatic nitrogens is 1. The number of hydrogen-bond donors (Lipinski definition) is 1. The first kappa shape index (κ1) is 21.0. The number of carbonyl (C=O) groups is 2. The highest BCUT2D eigenvalue weighted by Crippen LogP contribution is 2.39. The summed E-state index contributed by atoms with van der Waals surface area (Å²) in [6.07, 6.45) is 3.18. The number of nitrogens with zero attached hydrogens (tertiary/aromatic N) is 1. The highest BCUT2D eigenvalue weighted by molar-refractivity contribution is 8.13. The summed E-state index contributed by atoms with van der Waals surface area (Å²) in [6.45, 7) is 9.28. The Morgan fingerprint density at radius 2 is 1.88 bits per heavy atom. The van der Waals surface area contributed by atoms with Crippen LogP contribution in [0.2, 0.25) is 5.02 Å². The van der Waals surface area contributed by atoms with E-state index in [1.807, 2.05) is 27.7 Å². The standard InChI is InChI=1S/C17H21BClNO5S/c1-10(21)26-9-12(18-24-16(2,3)17(4,5)25-18)6-11-7-13(19)14(15(22)23)20-8-11/h6-8H,9H2,1-5H3,(H,22,23). The van der Waals surface area contributed by atoms with E-state index in [4.69, 9.17) is 26.0 Å². The Kier molecular flexibility index (Phi) is 6.22. The van der Waals surface area contributed by atoms with Crippen LogP contribution in [0.15, 0.2) is 17.7 Å². The molecule has 0 atom stereocenters. The number of carboxylic acid groups (broad SMARTS) is 1. The molecule has 0 spiro atoms. The highest BCUT2D eigenvalue weighted by atomic mass is 35.5. The quantitative estimate of drug-likeness (QED) is 0.758. The lowest BCUT2D eigenvalue weighted by molar-refractivity contribution is -0.109. The normalized spacial score (nSPS) is 18.8. The van der Waals surface area contributed by atoms with Gasteiger partial charge in [-0.05, 0) is 44.8 Å². The minimum atomic E-state index is -1.19. The summed E-state index contributed by atoms with van der Waals surface area (Å²) in [5.74, 6) is -0.811. The predicted octanol–water partition coefficient (Wildman–Crippen LogP) is 3.73. The molecular weight excluding hydrogens is 377 g/mol. The van der Waals surface area contributed by atoms with E-state index in [-0.39, 0.29) is 15.8 Å². The van der Waals surface area contributed by atoms with Crippen molar-refractivity contribution in [2.24, 2.45) is 0 Å². The Balaban J connectivity index is 2.36. The third kappa shape index (κ3) is 4.68. The molecule has 1 aliphatic heterocycles. The molecule has 1 aliphatic rings. The summed E-state index contributed by atoms with van der Waals surface area (Å²) in [5.41, 5.74) is 0.110. The van der Waals surface area contributed by atoms with Crippen LogP contribution in [0.3, 0.4) is 0 Å². The fraction of sp³-hybridized carbons (Fsp3) is 0.471. The Morgan fingerprint density at radius 3 is 2.35 bits per heavy atom. The zero-order chi connectivity index (χ0) is 19.7. The van der Waals surface area contributed by atoms with E-state index in [2.05, 4.69) is 4.98 Å². The lowest BCUT2D eigenvalue weighted by Crippen LogP contribution is -2.41. The van der Waals surface area contributed by atoms with Gasteiger partial charge in [0, 0.05) is 18.9 Å². The van der Waals surface area contributed by atoms with Crippen molar-refractivity contribution in [1.82, 2.24) is 4.98 Å². The second kappa shape index (κ2) is 7.72. The number of rotatable bonds is 5. The highest BCUT2D eigenvalue weighted by Gasteiger charge is 2.52. The summed E-state index contributed by atoms with van der Waals surface area (Å²) in [4.78, 5) is 26.3. The second-order valence-corrected chi connectivity index (χ2v) is 8.55. The van der Waals surface area contributed by atoms with Crippen molar-refractivity contribution in [2.75, 3.05) is 5.75 Å². The summed E-state index contributed by atoms with van der Waals surface area (Å²) in [7, 11) is -0.621. The maximum atomic E-state index is 11.4. The van der Waals surface area contributed by atoms with Gasteiger partial charge >= 0.3 is 13.1 Å². The predicted molar refractivity (Wildman–Crippen MR) is 103 cm³/mol. The zero-order valence-corrected chi connectivity index (χ0v) is 16.9. The average molecular weight is 398 g/mol. The number of halogens is 1. The van der Waals surface area contributed by atoms with E-state index < -0.39 is 24.3 Å². The fourth-order valence-electron chi connectivity index (χ4n) is 2.26. The number of thioether (sulfide) groups is 1. The topological polar surface area (TPSA) is 85.7 Å². The number of carbonyl (C=O) groups excluding carboxylic acids is 1. The molecule has 26 heavy (non-hydrogen) atoms. The van der Waals surface area contributed by atoms with Gasteiger partial charge in [0.05, 0.1) is 16.2 Å². The monoisotopic (exact) mass is 397 g/mol. The van der Waals surface area contributed by atoms with E-state index in [1.165, 1.54) is 19.2 Å². The molecule has 0 aliphatic carbocycles. The SMILES string of the molecule is CC(=O)SCC(=Cc1cnc(C(=O)O)c(Cl)c1)B1OC(C)(C)C(C)(C)O1.